The van der Waals surface area contributed by atoms with Gasteiger partial charge in [-0.15, -0.1) is 11.8 Å². The Labute approximate surface area is 150 Å². The van der Waals surface area contributed by atoms with E-state index in [-0.39, 0.29) is 0 Å². The molecule has 1 atom stereocenters. The van der Waals surface area contributed by atoms with E-state index in [2.05, 4.69) is 15.5 Å². The van der Waals surface area contributed by atoms with Gasteiger partial charge in [-0.25, -0.2) is 4.79 Å². The van der Waals surface area contributed by atoms with Gasteiger partial charge < -0.3 is 14.9 Å². The first-order chi connectivity index (χ1) is 12.0. The molecule has 0 saturated carbocycles. The van der Waals surface area contributed by atoms with Gasteiger partial charge in [-0.1, -0.05) is 37.1 Å². The molecule has 0 fully saturated rings. The maximum absolute atomic E-state index is 12.5. The van der Waals surface area contributed by atoms with Crippen LogP contribution in [0.15, 0.2) is 33.7 Å². The molecule has 0 aliphatic heterocycles. The first kappa shape index (κ1) is 19.0. The molecule has 8 heteroatoms. The van der Waals surface area contributed by atoms with Gasteiger partial charge in [-0.3, -0.25) is 4.79 Å². The molecule has 1 aromatic heterocycles. The van der Waals surface area contributed by atoms with Crippen molar-refractivity contribution in [1.29, 1.82) is 0 Å². The summed E-state index contributed by atoms with van der Waals surface area (Å²) in [5.74, 6) is 0.0519. The van der Waals surface area contributed by atoms with Gasteiger partial charge in [0.1, 0.15) is 6.04 Å². The molecule has 0 saturated heterocycles. The number of amides is 1. The summed E-state index contributed by atoms with van der Waals surface area (Å²) in [6.45, 7) is 3.72. The van der Waals surface area contributed by atoms with E-state index in [4.69, 9.17) is 4.52 Å². The van der Waals surface area contributed by atoms with Crippen molar-refractivity contribution in [3.63, 3.8) is 0 Å². The number of carbonyl (C=O) groups excluding carboxylic acids is 1. The van der Waals surface area contributed by atoms with Gasteiger partial charge in [-0.2, -0.15) is 4.98 Å². The van der Waals surface area contributed by atoms with Crippen molar-refractivity contribution in [2.75, 3.05) is 0 Å². The number of aryl methyl sites for hydroxylation is 1. The van der Waals surface area contributed by atoms with Crippen LogP contribution in [0.4, 0.5) is 0 Å². The lowest BCUT2D eigenvalue weighted by atomic mass is 10.1. The number of carboxylic acids is 1. The number of hydrogen-bond acceptors (Lipinski definition) is 6. The molecule has 0 bridgehead atoms. The van der Waals surface area contributed by atoms with E-state index >= 15 is 0 Å². The third kappa shape index (κ3) is 5.60. The fraction of sp³-hybridized carbons (Fsp3) is 0.412. The highest BCUT2D eigenvalue weighted by molar-refractivity contribution is 7.98. The van der Waals surface area contributed by atoms with Crippen LogP contribution in [-0.2, 0) is 10.5 Å². The zero-order chi connectivity index (χ0) is 18.2. The minimum Gasteiger partial charge on any atom is -0.480 e. The number of thioether (sulfide) groups is 1. The summed E-state index contributed by atoms with van der Waals surface area (Å²) in [6.07, 6.45) is 2.02. The van der Waals surface area contributed by atoms with E-state index in [9.17, 15) is 14.7 Å². The van der Waals surface area contributed by atoms with E-state index in [1.54, 1.807) is 19.1 Å². The summed E-state index contributed by atoms with van der Waals surface area (Å²) in [4.78, 5) is 28.7. The predicted molar refractivity (Wildman–Crippen MR) is 93.5 cm³/mol. The van der Waals surface area contributed by atoms with Gasteiger partial charge in [0.15, 0.2) is 5.82 Å². The van der Waals surface area contributed by atoms with Gasteiger partial charge in [0.2, 0.25) is 5.89 Å². The Morgan fingerprint density at radius 1 is 1.36 bits per heavy atom. The smallest absolute Gasteiger partial charge is 0.326 e. The Bertz CT molecular complexity index is 732. The molecule has 1 heterocycles. The largest absolute Gasteiger partial charge is 0.480 e. The molecule has 0 aliphatic rings. The summed E-state index contributed by atoms with van der Waals surface area (Å²) in [5.41, 5.74) is 0.437. The number of aliphatic carboxylic acids is 1. The fourth-order valence-electron chi connectivity index (χ4n) is 2.22. The number of carbonyl (C=O) groups is 2. The maximum Gasteiger partial charge on any atom is 0.326 e. The molecule has 2 rings (SSSR count). The number of nitrogens with zero attached hydrogens (tertiary/aromatic N) is 2. The van der Waals surface area contributed by atoms with Crippen molar-refractivity contribution >= 4 is 23.6 Å². The predicted octanol–water partition coefficient (Wildman–Crippen LogP) is 3.04. The van der Waals surface area contributed by atoms with Crippen molar-refractivity contribution in [3.8, 4) is 0 Å². The van der Waals surface area contributed by atoms with Gasteiger partial charge >= 0.3 is 5.97 Å². The zero-order valence-electron chi connectivity index (χ0n) is 14.2. The minimum atomic E-state index is -1.02. The Kier molecular flexibility index (Phi) is 7.00. The van der Waals surface area contributed by atoms with Crippen LogP contribution in [0.1, 0.15) is 48.3 Å². The molecule has 0 unspecified atom stereocenters. The van der Waals surface area contributed by atoms with Gasteiger partial charge in [0.25, 0.3) is 5.91 Å². The highest BCUT2D eigenvalue weighted by Gasteiger charge is 2.21. The highest BCUT2D eigenvalue weighted by Crippen LogP contribution is 2.26. The second-order valence-electron chi connectivity index (χ2n) is 5.53. The van der Waals surface area contributed by atoms with Crippen LogP contribution < -0.4 is 5.32 Å². The first-order valence-corrected chi connectivity index (χ1v) is 9.04. The quantitative estimate of drug-likeness (QED) is 0.660. The highest BCUT2D eigenvalue weighted by atomic mass is 32.2. The summed E-state index contributed by atoms with van der Waals surface area (Å²) < 4.78 is 5.07. The second kappa shape index (κ2) is 9.22. The SMILES string of the molecule is CCCC[C@H](NC(=O)c1ccccc1SCc1nc(C)no1)C(=O)O. The summed E-state index contributed by atoms with van der Waals surface area (Å²) >= 11 is 1.39. The molecule has 7 nitrogen and oxygen atoms in total. The average molecular weight is 363 g/mol. The molecular weight excluding hydrogens is 342 g/mol. The molecule has 2 aromatic rings. The normalized spacial score (nSPS) is 11.9. The van der Waals surface area contributed by atoms with Crippen molar-refractivity contribution in [1.82, 2.24) is 15.5 Å². The van der Waals surface area contributed by atoms with Crippen molar-refractivity contribution in [3.05, 3.63) is 41.5 Å². The Morgan fingerprint density at radius 3 is 2.76 bits per heavy atom. The number of aromatic nitrogens is 2. The number of carboxylic acid groups (broad SMARTS) is 1. The lowest BCUT2D eigenvalue weighted by molar-refractivity contribution is -0.139. The molecule has 25 heavy (non-hydrogen) atoms. The summed E-state index contributed by atoms with van der Waals surface area (Å²) in [5, 5.41) is 15.6. The van der Waals surface area contributed by atoms with Crippen molar-refractivity contribution < 1.29 is 19.2 Å². The van der Waals surface area contributed by atoms with Crippen LogP contribution in [0, 0.1) is 6.92 Å². The van der Waals surface area contributed by atoms with Crippen LogP contribution in [-0.4, -0.2) is 33.2 Å². The molecule has 1 aromatic carbocycles. The van der Waals surface area contributed by atoms with Crippen LogP contribution in [0.3, 0.4) is 0 Å². The Balaban J connectivity index is 2.07. The fourth-order valence-corrected chi connectivity index (χ4v) is 3.11. The lowest BCUT2D eigenvalue weighted by Crippen LogP contribution is -2.40. The number of rotatable bonds is 9. The average Bonchev–Trinajstić information content (AvgIpc) is 3.02. The van der Waals surface area contributed by atoms with E-state index < -0.39 is 17.9 Å². The van der Waals surface area contributed by atoms with Crippen LogP contribution >= 0.6 is 11.8 Å². The van der Waals surface area contributed by atoms with Gasteiger partial charge in [0.05, 0.1) is 11.3 Å². The van der Waals surface area contributed by atoms with E-state index in [0.717, 1.165) is 17.7 Å². The van der Waals surface area contributed by atoms with E-state index in [1.165, 1.54) is 11.8 Å². The molecule has 2 N–H and O–H groups in total. The van der Waals surface area contributed by atoms with Crippen LogP contribution in [0.2, 0.25) is 0 Å². The van der Waals surface area contributed by atoms with Crippen LogP contribution in [0.25, 0.3) is 0 Å². The molecule has 1 amide bonds. The van der Waals surface area contributed by atoms with E-state index in [1.807, 2.05) is 19.1 Å². The Morgan fingerprint density at radius 2 is 2.12 bits per heavy atom. The second-order valence-corrected chi connectivity index (χ2v) is 6.54. The standard InChI is InChI=1S/C17H21N3O4S/c1-3-4-8-13(17(22)23)19-16(21)12-7-5-6-9-14(12)25-10-15-18-11(2)20-24-15/h5-7,9,13H,3-4,8,10H2,1-2H3,(H,19,21)(H,22,23)/t13-/m0/s1. The number of benzene rings is 1. The topological polar surface area (TPSA) is 105 Å². The molecule has 134 valence electrons. The third-order valence-electron chi connectivity index (χ3n) is 3.50. The molecule has 0 radical (unpaired) electrons. The van der Waals surface area contributed by atoms with E-state index in [0.29, 0.717) is 29.5 Å². The number of hydrogen-bond donors (Lipinski definition) is 2. The lowest BCUT2D eigenvalue weighted by Gasteiger charge is -2.15. The number of nitrogens with one attached hydrogen (secondary N) is 1. The van der Waals surface area contributed by atoms with Crippen molar-refractivity contribution in [2.45, 2.75) is 49.8 Å². The summed E-state index contributed by atoms with van der Waals surface area (Å²) in [6, 6.07) is 6.17. The van der Waals surface area contributed by atoms with Crippen molar-refractivity contribution in [2.24, 2.45) is 0 Å². The van der Waals surface area contributed by atoms with Crippen LogP contribution in [0.5, 0.6) is 0 Å². The van der Waals surface area contributed by atoms with Gasteiger partial charge in [-0.05, 0) is 25.5 Å². The maximum atomic E-state index is 12.5. The molecule has 0 spiro atoms. The van der Waals surface area contributed by atoms with Gasteiger partial charge in [0, 0.05) is 4.90 Å². The molecule has 0 aliphatic carbocycles. The monoisotopic (exact) mass is 363 g/mol. The zero-order valence-corrected chi connectivity index (χ0v) is 15.0. The molecular formula is C17H21N3O4S. The minimum absolute atomic E-state index is 0.395. The number of unbranched alkanes of at least 4 members (excludes halogenated alkanes) is 1. The summed E-state index contributed by atoms with van der Waals surface area (Å²) in [7, 11) is 0. The third-order valence-corrected chi connectivity index (χ3v) is 4.56. The Hall–Kier alpha value is -2.35. The first-order valence-electron chi connectivity index (χ1n) is 8.06.